The summed E-state index contributed by atoms with van der Waals surface area (Å²) >= 11 is 0. The molecular formula is C32H67NO11P+. The van der Waals surface area contributed by atoms with E-state index in [1.165, 1.54) is 83.5 Å². The molecule has 0 aliphatic carbocycles. The summed E-state index contributed by atoms with van der Waals surface area (Å²) in [5.41, 5.74) is 0. The highest BCUT2D eigenvalue weighted by Gasteiger charge is 2.45. The Hall–Kier alpha value is -0.210. The second kappa shape index (κ2) is 24.9. The third-order valence-electron chi connectivity index (χ3n) is 8.06. The van der Waals surface area contributed by atoms with E-state index in [0.29, 0.717) is 17.6 Å². The summed E-state index contributed by atoms with van der Waals surface area (Å²) in [4.78, 5) is 10.1. The van der Waals surface area contributed by atoms with Crippen LogP contribution in [0.5, 0.6) is 0 Å². The standard InChI is InChI=1S/C32H66NO11P/c1-5-6-7-8-9-10-11-12-13-14-15-16-17-18-19-20-22-40-25-27(26-42-45(38,39)41-23-21-33(2,3)4)43-32-31(37)30(36)29(35)28(24-34)44-32/h27-32,34-37H,5-26H2,1-4H3/p+1/t27-,28-,29-,30+,31-,32?/m1/s1. The minimum Gasteiger partial charge on any atom is -0.394 e. The summed E-state index contributed by atoms with van der Waals surface area (Å²) in [7, 11) is 1.37. The van der Waals surface area contributed by atoms with Crippen LogP contribution in [0.2, 0.25) is 0 Å². The highest BCUT2D eigenvalue weighted by Crippen LogP contribution is 2.43. The average Bonchev–Trinajstić information content (AvgIpc) is 2.98. The van der Waals surface area contributed by atoms with Crippen LogP contribution in [0.1, 0.15) is 110 Å². The van der Waals surface area contributed by atoms with Gasteiger partial charge in [0.15, 0.2) is 6.29 Å². The molecular weight excluding hydrogens is 605 g/mol. The highest BCUT2D eigenvalue weighted by molar-refractivity contribution is 7.47. The summed E-state index contributed by atoms with van der Waals surface area (Å²) in [6.07, 6.45) is 12.1. The van der Waals surface area contributed by atoms with Gasteiger partial charge in [-0.1, -0.05) is 103 Å². The molecule has 1 fully saturated rings. The van der Waals surface area contributed by atoms with Crippen molar-refractivity contribution in [3.05, 3.63) is 0 Å². The second-order valence-corrected chi connectivity index (χ2v) is 14.9. The molecule has 13 heteroatoms. The van der Waals surface area contributed by atoms with Gasteiger partial charge in [-0.05, 0) is 6.42 Å². The molecule has 0 aromatic heterocycles. The largest absolute Gasteiger partial charge is 0.472 e. The molecule has 0 aromatic rings. The Morgan fingerprint density at radius 3 is 1.71 bits per heavy atom. The number of ether oxygens (including phenoxy) is 3. The van der Waals surface area contributed by atoms with Gasteiger partial charge >= 0.3 is 7.82 Å². The van der Waals surface area contributed by atoms with Crippen molar-refractivity contribution in [3.8, 4) is 0 Å². The van der Waals surface area contributed by atoms with Crippen molar-refractivity contribution < 1.29 is 57.6 Å². The number of phosphoric acid groups is 1. The van der Waals surface area contributed by atoms with Crippen molar-refractivity contribution >= 4 is 7.82 Å². The maximum atomic E-state index is 12.4. The maximum Gasteiger partial charge on any atom is 0.472 e. The van der Waals surface area contributed by atoms with Gasteiger partial charge in [0.1, 0.15) is 43.7 Å². The van der Waals surface area contributed by atoms with Crippen LogP contribution in [-0.4, -0.2) is 127 Å². The normalized spacial score (nSPS) is 24.5. The molecule has 12 nitrogen and oxygen atoms in total. The Morgan fingerprint density at radius 1 is 0.711 bits per heavy atom. The van der Waals surface area contributed by atoms with E-state index >= 15 is 0 Å². The Kier molecular flexibility index (Phi) is 23.7. The minimum absolute atomic E-state index is 0.00523. The smallest absolute Gasteiger partial charge is 0.394 e. The molecule has 1 aliphatic rings. The first-order valence-corrected chi connectivity index (χ1v) is 18.9. The number of aliphatic hydroxyl groups is 4. The van der Waals surface area contributed by atoms with Crippen LogP contribution in [-0.2, 0) is 27.8 Å². The van der Waals surface area contributed by atoms with Crippen molar-refractivity contribution in [1.29, 1.82) is 0 Å². The number of aliphatic hydroxyl groups excluding tert-OH is 4. The maximum absolute atomic E-state index is 12.4. The van der Waals surface area contributed by atoms with Crippen LogP contribution in [0.4, 0.5) is 0 Å². The number of quaternary nitrogens is 1. The molecule has 1 saturated heterocycles. The van der Waals surface area contributed by atoms with Crippen molar-refractivity contribution in [3.63, 3.8) is 0 Å². The first-order chi connectivity index (χ1) is 21.4. The number of phosphoric ester groups is 1. The van der Waals surface area contributed by atoms with Crippen LogP contribution in [0.3, 0.4) is 0 Å². The molecule has 0 aromatic carbocycles. The van der Waals surface area contributed by atoms with Gasteiger partial charge in [-0.3, -0.25) is 9.05 Å². The fourth-order valence-corrected chi connectivity index (χ4v) is 5.85. The number of nitrogens with zero attached hydrogens (tertiary/aromatic N) is 1. The zero-order valence-corrected chi connectivity index (χ0v) is 29.5. The Balaban J connectivity index is 2.33. The van der Waals surface area contributed by atoms with E-state index in [2.05, 4.69) is 6.92 Å². The predicted octanol–water partition coefficient (Wildman–Crippen LogP) is 4.29. The van der Waals surface area contributed by atoms with Gasteiger partial charge in [0.05, 0.1) is 41.0 Å². The van der Waals surface area contributed by atoms with Crippen molar-refractivity contribution in [2.24, 2.45) is 0 Å². The summed E-state index contributed by atoms with van der Waals surface area (Å²) < 4.78 is 40.1. The summed E-state index contributed by atoms with van der Waals surface area (Å²) in [5.74, 6) is 0. The van der Waals surface area contributed by atoms with Crippen LogP contribution in [0, 0.1) is 0 Å². The van der Waals surface area contributed by atoms with E-state index in [4.69, 9.17) is 23.3 Å². The third-order valence-corrected chi connectivity index (χ3v) is 9.05. The minimum atomic E-state index is -4.40. The number of rotatable bonds is 29. The lowest BCUT2D eigenvalue weighted by atomic mass is 9.99. The van der Waals surface area contributed by atoms with E-state index in [1.54, 1.807) is 0 Å². The van der Waals surface area contributed by atoms with Crippen LogP contribution in [0.25, 0.3) is 0 Å². The Morgan fingerprint density at radius 2 is 1.22 bits per heavy atom. The van der Waals surface area contributed by atoms with Gasteiger partial charge in [-0.2, -0.15) is 0 Å². The Labute approximate surface area is 272 Å². The molecule has 45 heavy (non-hydrogen) atoms. The third kappa shape index (κ3) is 21.4. The topological polar surface area (TPSA) is 164 Å². The lowest BCUT2D eigenvalue weighted by Gasteiger charge is -2.40. The van der Waals surface area contributed by atoms with Gasteiger partial charge in [0, 0.05) is 6.61 Å². The van der Waals surface area contributed by atoms with Gasteiger partial charge in [0.25, 0.3) is 0 Å². The van der Waals surface area contributed by atoms with E-state index in [-0.39, 0.29) is 13.2 Å². The molecule has 0 bridgehead atoms. The monoisotopic (exact) mass is 672 g/mol. The van der Waals surface area contributed by atoms with Crippen LogP contribution in [0.15, 0.2) is 0 Å². The van der Waals surface area contributed by atoms with Gasteiger partial charge in [0.2, 0.25) is 0 Å². The van der Waals surface area contributed by atoms with Crippen LogP contribution >= 0.6 is 7.82 Å². The number of hydrogen-bond donors (Lipinski definition) is 5. The number of unbranched alkanes of at least 4 members (excludes halogenated alkanes) is 15. The summed E-state index contributed by atoms with van der Waals surface area (Å²) in [6, 6.07) is 0. The first kappa shape index (κ1) is 42.8. The molecule has 0 spiro atoms. The average molecular weight is 673 g/mol. The zero-order valence-electron chi connectivity index (χ0n) is 28.6. The second-order valence-electron chi connectivity index (χ2n) is 13.4. The fraction of sp³-hybridized carbons (Fsp3) is 1.00. The Bertz CT molecular complexity index is 755. The molecule has 270 valence electrons. The molecule has 0 saturated carbocycles. The molecule has 1 aliphatic heterocycles. The van der Waals surface area contributed by atoms with Crippen molar-refractivity contribution in [2.75, 3.05) is 60.7 Å². The molecule has 7 atom stereocenters. The predicted molar refractivity (Wildman–Crippen MR) is 174 cm³/mol. The molecule has 2 unspecified atom stereocenters. The first-order valence-electron chi connectivity index (χ1n) is 17.4. The van der Waals surface area contributed by atoms with E-state index in [9.17, 15) is 29.9 Å². The molecule has 0 radical (unpaired) electrons. The molecule has 5 N–H and O–H groups in total. The number of likely N-dealkylation sites (N-methyl/N-ethyl adjacent to an activating group) is 1. The molecule has 1 rings (SSSR count). The molecule has 1 heterocycles. The quantitative estimate of drug-likeness (QED) is 0.0438. The van der Waals surface area contributed by atoms with Gasteiger partial charge in [-0.15, -0.1) is 0 Å². The van der Waals surface area contributed by atoms with Crippen molar-refractivity contribution in [1.82, 2.24) is 0 Å². The van der Waals surface area contributed by atoms with E-state index in [1.807, 2.05) is 21.1 Å². The summed E-state index contributed by atoms with van der Waals surface area (Å²) in [6.45, 7) is 2.15. The lowest BCUT2D eigenvalue weighted by molar-refractivity contribution is -0.870. The van der Waals surface area contributed by atoms with Crippen LogP contribution < -0.4 is 0 Å². The SMILES string of the molecule is CCCCCCCCCCCCCCCCCCOC[C@H](COP(=O)(O)OCC[N+](C)(C)C)OC1O[C@H](CO)[C@@H](O)[C@H](O)[C@H]1O. The van der Waals surface area contributed by atoms with Gasteiger partial charge < -0.3 is 44.0 Å². The number of hydrogen-bond acceptors (Lipinski definition) is 10. The lowest BCUT2D eigenvalue weighted by Crippen LogP contribution is -2.60. The van der Waals surface area contributed by atoms with Gasteiger partial charge in [-0.25, -0.2) is 4.57 Å². The summed E-state index contributed by atoms with van der Waals surface area (Å²) in [5, 5.41) is 40.0. The fourth-order valence-electron chi connectivity index (χ4n) is 5.11. The molecule has 0 amide bonds. The van der Waals surface area contributed by atoms with E-state index < -0.39 is 57.8 Å². The van der Waals surface area contributed by atoms with Crippen molar-refractivity contribution in [2.45, 2.75) is 146 Å². The van der Waals surface area contributed by atoms with E-state index in [0.717, 1.165) is 19.3 Å². The zero-order chi connectivity index (χ0) is 33.6. The highest BCUT2D eigenvalue weighted by atomic mass is 31.2.